The predicted octanol–water partition coefficient (Wildman–Crippen LogP) is 5.68. The molecule has 0 radical (unpaired) electrons. The lowest BCUT2D eigenvalue weighted by Gasteiger charge is -2.19. The summed E-state index contributed by atoms with van der Waals surface area (Å²) in [6, 6.07) is 32.1. The first-order valence-electron chi connectivity index (χ1n) is 9.05. The van der Waals surface area contributed by atoms with Gasteiger partial charge in [-0.25, -0.2) is 0 Å². The molecular weight excluding hydrogens is 300 g/mol. The highest BCUT2D eigenvalue weighted by molar-refractivity contribution is 5.54. The third-order valence-electron chi connectivity index (χ3n) is 5.46. The van der Waals surface area contributed by atoms with E-state index in [-0.39, 0.29) is 5.41 Å². The van der Waals surface area contributed by atoms with Gasteiger partial charge in [-0.05, 0) is 29.2 Å². The van der Waals surface area contributed by atoms with Crippen molar-refractivity contribution >= 4 is 0 Å². The third kappa shape index (κ3) is 2.67. The van der Waals surface area contributed by atoms with Gasteiger partial charge in [0.2, 0.25) is 0 Å². The van der Waals surface area contributed by atoms with Gasteiger partial charge in [-0.3, -0.25) is 0 Å². The number of rotatable bonds is 3. The summed E-state index contributed by atoms with van der Waals surface area (Å²) in [5.41, 5.74) is 3.90. The molecule has 3 aromatic rings. The first-order valence-corrected chi connectivity index (χ1v) is 9.05. The van der Waals surface area contributed by atoms with E-state index in [4.69, 9.17) is 0 Å². The minimum atomic E-state index is 0.0268. The average molecular weight is 322 g/mol. The second-order valence-corrected chi connectivity index (χ2v) is 6.73. The van der Waals surface area contributed by atoms with Crippen molar-refractivity contribution in [3.63, 3.8) is 0 Å². The fraction of sp³-hybridized carbons (Fsp3) is 0.200. The highest BCUT2D eigenvalue weighted by Gasteiger charge is 2.64. The molecule has 4 rings (SSSR count). The van der Waals surface area contributed by atoms with E-state index in [0.717, 1.165) is 12.0 Å². The Hall–Kier alpha value is -2.78. The molecule has 0 heterocycles. The maximum absolute atomic E-state index is 3.61. The normalized spacial score (nSPS) is 20.4. The quantitative estimate of drug-likeness (QED) is 0.544. The van der Waals surface area contributed by atoms with Crippen molar-refractivity contribution in [2.45, 2.75) is 18.8 Å². The second kappa shape index (κ2) is 6.61. The molecule has 25 heavy (non-hydrogen) atoms. The molecular formula is C25H22. The van der Waals surface area contributed by atoms with Gasteiger partial charge in [0.15, 0.2) is 0 Å². The fourth-order valence-corrected chi connectivity index (χ4v) is 4.30. The molecule has 122 valence electrons. The van der Waals surface area contributed by atoms with E-state index in [1.807, 2.05) is 6.07 Å². The Kier molecular flexibility index (Phi) is 4.16. The topological polar surface area (TPSA) is 0 Å². The van der Waals surface area contributed by atoms with Gasteiger partial charge in [-0.2, -0.15) is 0 Å². The minimum absolute atomic E-state index is 0.0268. The number of benzene rings is 3. The van der Waals surface area contributed by atoms with Gasteiger partial charge < -0.3 is 0 Å². The zero-order valence-corrected chi connectivity index (χ0v) is 14.5. The fourth-order valence-electron chi connectivity index (χ4n) is 4.30. The molecule has 2 atom stereocenters. The van der Waals surface area contributed by atoms with E-state index in [0.29, 0.717) is 11.8 Å². The molecule has 0 aliphatic heterocycles. The molecule has 0 amide bonds. The van der Waals surface area contributed by atoms with E-state index >= 15 is 0 Å². The van der Waals surface area contributed by atoms with Crippen molar-refractivity contribution in [3.05, 3.63) is 108 Å². The van der Waals surface area contributed by atoms with Crippen LogP contribution in [0.1, 0.15) is 30.0 Å². The van der Waals surface area contributed by atoms with E-state index in [9.17, 15) is 0 Å². The molecule has 1 saturated carbocycles. The summed E-state index contributed by atoms with van der Waals surface area (Å²) < 4.78 is 0. The summed E-state index contributed by atoms with van der Waals surface area (Å²) in [4.78, 5) is 0. The molecule has 0 heteroatoms. The first kappa shape index (κ1) is 15.7. The van der Waals surface area contributed by atoms with E-state index < -0.39 is 0 Å². The van der Waals surface area contributed by atoms with Crippen LogP contribution >= 0.6 is 0 Å². The van der Waals surface area contributed by atoms with Crippen molar-refractivity contribution in [2.75, 3.05) is 0 Å². The Morgan fingerprint density at radius 2 is 1.20 bits per heavy atom. The summed E-state index contributed by atoms with van der Waals surface area (Å²) in [6.45, 7) is 2.29. The molecule has 0 unspecified atom stereocenters. The van der Waals surface area contributed by atoms with Gasteiger partial charge in [0.1, 0.15) is 0 Å². The van der Waals surface area contributed by atoms with E-state index in [2.05, 4.69) is 104 Å². The molecule has 1 aliphatic carbocycles. The van der Waals surface area contributed by atoms with Gasteiger partial charge in [-0.1, -0.05) is 104 Å². The molecule has 0 saturated heterocycles. The summed E-state index contributed by atoms with van der Waals surface area (Å²) in [5.74, 6) is 7.95. The summed E-state index contributed by atoms with van der Waals surface area (Å²) >= 11 is 0. The van der Waals surface area contributed by atoms with Crippen LogP contribution in [-0.2, 0) is 5.41 Å². The lowest BCUT2D eigenvalue weighted by Crippen LogP contribution is -2.14. The highest BCUT2D eigenvalue weighted by atomic mass is 14.6. The van der Waals surface area contributed by atoms with Gasteiger partial charge in [0.05, 0.1) is 0 Å². The number of hydrogen-bond donors (Lipinski definition) is 0. The summed E-state index contributed by atoms with van der Waals surface area (Å²) in [7, 11) is 0. The zero-order chi connectivity index (χ0) is 17.1. The summed E-state index contributed by atoms with van der Waals surface area (Å²) in [6.07, 6.45) is 1.14. The molecule has 1 aliphatic rings. The molecule has 0 N–H and O–H groups in total. The maximum Gasteiger partial charge on any atom is 0.0387 e. The van der Waals surface area contributed by atoms with Crippen LogP contribution in [0, 0.1) is 23.7 Å². The van der Waals surface area contributed by atoms with Crippen molar-refractivity contribution in [1.29, 1.82) is 0 Å². The average Bonchev–Trinajstić information content (AvgIpc) is 3.37. The Morgan fingerprint density at radius 3 is 1.68 bits per heavy atom. The lowest BCUT2D eigenvalue weighted by molar-refractivity contribution is 0.675. The molecule has 3 aromatic carbocycles. The molecule has 0 spiro atoms. The Labute approximate surface area is 150 Å². The van der Waals surface area contributed by atoms with Crippen LogP contribution in [0.25, 0.3) is 0 Å². The predicted molar refractivity (Wildman–Crippen MR) is 104 cm³/mol. The SMILES string of the molecule is CC[C@H]1[C@@H](C#Cc2ccccc2)C1(c1ccccc1)c1ccccc1. The van der Waals surface area contributed by atoms with Crippen LogP contribution < -0.4 is 0 Å². The van der Waals surface area contributed by atoms with Crippen LogP contribution in [0.2, 0.25) is 0 Å². The van der Waals surface area contributed by atoms with E-state index in [1.54, 1.807) is 0 Å². The van der Waals surface area contributed by atoms with Gasteiger partial charge in [-0.15, -0.1) is 0 Å². The maximum atomic E-state index is 3.61. The van der Waals surface area contributed by atoms with Crippen molar-refractivity contribution in [1.82, 2.24) is 0 Å². The van der Waals surface area contributed by atoms with Gasteiger partial charge >= 0.3 is 0 Å². The van der Waals surface area contributed by atoms with Crippen molar-refractivity contribution < 1.29 is 0 Å². The Balaban J connectivity index is 1.80. The number of hydrogen-bond acceptors (Lipinski definition) is 0. The van der Waals surface area contributed by atoms with Gasteiger partial charge in [0, 0.05) is 16.9 Å². The highest BCUT2D eigenvalue weighted by Crippen LogP contribution is 2.65. The molecule has 0 nitrogen and oxygen atoms in total. The van der Waals surface area contributed by atoms with Gasteiger partial charge in [0.25, 0.3) is 0 Å². The zero-order valence-electron chi connectivity index (χ0n) is 14.5. The van der Waals surface area contributed by atoms with E-state index in [1.165, 1.54) is 11.1 Å². The Morgan fingerprint density at radius 1 is 0.720 bits per heavy atom. The largest absolute Gasteiger partial charge is 0.0928 e. The first-order chi connectivity index (χ1) is 12.4. The van der Waals surface area contributed by atoms with Crippen molar-refractivity contribution in [3.8, 4) is 11.8 Å². The Bertz CT molecular complexity index is 843. The monoisotopic (exact) mass is 322 g/mol. The smallest absolute Gasteiger partial charge is 0.0387 e. The lowest BCUT2D eigenvalue weighted by atomic mass is 9.84. The van der Waals surface area contributed by atoms with Crippen LogP contribution in [0.3, 0.4) is 0 Å². The minimum Gasteiger partial charge on any atom is -0.0928 e. The molecule has 1 fully saturated rings. The molecule has 0 bridgehead atoms. The second-order valence-electron chi connectivity index (χ2n) is 6.73. The van der Waals surface area contributed by atoms with Crippen LogP contribution in [0.15, 0.2) is 91.0 Å². The third-order valence-corrected chi connectivity index (χ3v) is 5.46. The van der Waals surface area contributed by atoms with Crippen LogP contribution in [0.4, 0.5) is 0 Å². The standard InChI is InChI=1S/C25H22/c1-2-23-24(19-18-20-12-6-3-7-13-20)25(23,21-14-8-4-9-15-21)22-16-10-5-11-17-22/h3-17,23-24H,2H2,1H3/t23-,24+/m0/s1. The summed E-state index contributed by atoms with van der Waals surface area (Å²) in [5, 5.41) is 0. The van der Waals surface area contributed by atoms with Crippen molar-refractivity contribution in [2.24, 2.45) is 11.8 Å². The van der Waals surface area contributed by atoms with Crippen LogP contribution in [0.5, 0.6) is 0 Å². The molecule has 0 aromatic heterocycles. The van der Waals surface area contributed by atoms with Crippen LogP contribution in [-0.4, -0.2) is 0 Å².